The molecule has 0 fully saturated rings. The van der Waals surface area contributed by atoms with Crippen LogP contribution in [0.4, 0.5) is 17.1 Å². The van der Waals surface area contributed by atoms with E-state index in [2.05, 4.69) is 169 Å². The molecule has 0 saturated carbocycles. The number of anilines is 3. The third-order valence-electron chi connectivity index (χ3n) is 9.65. The van der Waals surface area contributed by atoms with Gasteiger partial charge in [-0.15, -0.1) is 0 Å². The summed E-state index contributed by atoms with van der Waals surface area (Å²) < 4.78 is 12.9. The van der Waals surface area contributed by atoms with Gasteiger partial charge in [0.15, 0.2) is 0 Å². The molecule has 2 aromatic heterocycles. The summed E-state index contributed by atoms with van der Waals surface area (Å²) in [5.41, 5.74) is 11.3. The molecule has 0 aliphatic rings. The van der Waals surface area contributed by atoms with E-state index in [0.717, 1.165) is 83.0 Å². The molecule has 230 valence electrons. The van der Waals surface area contributed by atoms with Gasteiger partial charge in [-0.1, -0.05) is 121 Å². The molecule has 3 nitrogen and oxygen atoms in total. The molecule has 0 unspecified atom stereocenters. The number of para-hydroxylation sites is 2. The predicted octanol–water partition coefficient (Wildman–Crippen LogP) is 13.4. The van der Waals surface area contributed by atoms with Crippen molar-refractivity contribution in [3.8, 4) is 22.3 Å². The minimum atomic E-state index is 0.873. The zero-order valence-corrected chi connectivity index (χ0v) is 26.5. The second-order valence-electron chi connectivity index (χ2n) is 12.5. The average molecular weight is 628 g/mol. The first-order valence-corrected chi connectivity index (χ1v) is 16.6. The summed E-state index contributed by atoms with van der Waals surface area (Å²) >= 11 is 0. The van der Waals surface area contributed by atoms with Crippen LogP contribution in [0.1, 0.15) is 0 Å². The summed E-state index contributed by atoms with van der Waals surface area (Å²) in [5.74, 6) is 0. The van der Waals surface area contributed by atoms with E-state index in [0.29, 0.717) is 0 Å². The first kappa shape index (κ1) is 27.5. The second kappa shape index (κ2) is 11.0. The summed E-state index contributed by atoms with van der Waals surface area (Å²) in [7, 11) is 0. The van der Waals surface area contributed by atoms with E-state index in [1.54, 1.807) is 0 Å². The minimum absolute atomic E-state index is 0.873. The number of hydrogen-bond acceptors (Lipinski definition) is 3. The molecule has 0 aliphatic heterocycles. The van der Waals surface area contributed by atoms with Gasteiger partial charge >= 0.3 is 0 Å². The molecule has 0 aliphatic carbocycles. The van der Waals surface area contributed by atoms with Crippen LogP contribution in [0, 0.1) is 0 Å². The van der Waals surface area contributed by atoms with E-state index >= 15 is 0 Å². The number of fused-ring (bicyclic) bond motifs is 8. The number of benzene rings is 8. The van der Waals surface area contributed by atoms with Crippen LogP contribution in [0.3, 0.4) is 0 Å². The molecule has 10 aromatic rings. The predicted molar refractivity (Wildman–Crippen MR) is 204 cm³/mol. The number of nitrogens with zero attached hydrogens (tertiary/aromatic N) is 1. The number of rotatable bonds is 5. The van der Waals surface area contributed by atoms with Crippen molar-refractivity contribution in [3.05, 3.63) is 176 Å². The fraction of sp³-hybridized carbons (Fsp3) is 0. The fourth-order valence-electron chi connectivity index (χ4n) is 7.41. The van der Waals surface area contributed by atoms with Gasteiger partial charge in [0.25, 0.3) is 0 Å². The standard InChI is InChI=1S/C46H29NO2/c1-2-12-30(13-3-1)32-15-10-16-33(28-32)47(34-25-27-43-40(29-34)37-19-7-9-22-42(37)48-43)41-21-8-6-18-36(41)38-20-11-23-44-45(38)39-26-24-31-14-4-5-17-35(31)46(39)49-44/h1-29H. The van der Waals surface area contributed by atoms with Crippen LogP contribution in [-0.2, 0) is 0 Å². The Hall–Kier alpha value is -6.58. The molecule has 0 spiro atoms. The van der Waals surface area contributed by atoms with Crippen molar-refractivity contribution in [1.82, 2.24) is 0 Å². The van der Waals surface area contributed by atoms with E-state index < -0.39 is 0 Å². The van der Waals surface area contributed by atoms with Gasteiger partial charge in [0, 0.05) is 43.9 Å². The molecule has 0 atom stereocenters. The maximum atomic E-state index is 6.62. The lowest BCUT2D eigenvalue weighted by atomic mass is 9.96. The van der Waals surface area contributed by atoms with E-state index in [4.69, 9.17) is 8.83 Å². The molecule has 0 N–H and O–H groups in total. The molecular weight excluding hydrogens is 599 g/mol. The lowest BCUT2D eigenvalue weighted by Crippen LogP contribution is -2.11. The fourth-order valence-corrected chi connectivity index (χ4v) is 7.41. The van der Waals surface area contributed by atoms with Crippen LogP contribution in [0.2, 0.25) is 0 Å². The lowest BCUT2D eigenvalue weighted by molar-refractivity contribution is 0.669. The highest BCUT2D eigenvalue weighted by molar-refractivity contribution is 6.20. The average Bonchev–Trinajstić information content (AvgIpc) is 3.74. The second-order valence-corrected chi connectivity index (χ2v) is 12.5. The highest BCUT2D eigenvalue weighted by Gasteiger charge is 2.22. The van der Waals surface area contributed by atoms with Crippen molar-refractivity contribution in [2.45, 2.75) is 0 Å². The normalized spacial score (nSPS) is 11.7. The van der Waals surface area contributed by atoms with E-state index in [9.17, 15) is 0 Å². The van der Waals surface area contributed by atoms with Crippen molar-refractivity contribution in [2.24, 2.45) is 0 Å². The van der Waals surface area contributed by atoms with Crippen LogP contribution < -0.4 is 4.90 Å². The van der Waals surface area contributed by atoms with Crippen molar-refractivity contribution in [1.29, 1.82) is 0 Å². The van der Waals surface area contributed by atoms with Crippen LogP contribution in [-0.4, -0.2) is 0 Å². The number of hydrogen-bond donors (Lipinski definition) is 0. The molecule has 10 rings (SSSR count). The van der Waals surface area contributed by atoms with Crippen molar-refractivity contribution < 1.29 is 8.83 Å². The molecule has 0 saturated heterocycles. The van der Waals surface area contributed by atoms with Gasteiger partial charge in [0.1, 0.15) is 22.3 Å². The van der Waals surface area contributed by atoms with Crippen LogP contribution in [0.5, 0.6) is 0 Å². The van der Waals surface area contributed by atoms with Gasteiger partial charge in [0.05, 0.1) is 5.69 Å². The topological polar surface area (TPSA) is 29.5 Å². The number of furan rings is 2. The zero-order chi connectivity index (χ0) is 32.3. The first-order valence-electron chi connectivity index (χ1n) is 16.6. The van der Waals surface area contributed by atoms with E-state index in [-0.39, 0.29) is 0 Å². The molecule has 8 aromatic carbocycles. The Balaban J connectivity index is 1.24. The molecule has 3 heteroatoms. The van der Waals surface area contributed by atoms with Crippen LogP contribution >= 0.6 is 0 Å². The first-order chi connectivity index (χ1) is 24.3. The summed E-state index contributed by atoms with van der Waals surface area (Å²) in [6, 6.07) is 62.1. The maximum Gasteiger partial charge on any atom is 0.143 e. The largest absolute Gasteiger partial charge is 0.456 e. The lowest BCUT2D eigenvalue weighted by Gasteiger charge is -2.28. The van der Waals surface area contributed by atoms with E-state index in [1.165, 1.54) is 10.9 Å². The summed E-state index contributed by atoms with van der Waals surface area (Å²) in [4.78, 5) is 2.37. The SMILES string of the molecule is c1ccc(-c2cccc(N(c3ccc4oc5ccccc5c4c3)c3ccccc3-c3cccc4oc5c6ccccc6ccc5c34)c2)cc1. The minimum Gasteiger partial charge on any atom is -0.456 e. The van der Waals surface area contributed by atoms with E-state index in [1.807, 2.05) is 12.1 Å². The Bertz CT molecular complexity index is 2840. The van der Waals surface area contributed by atoms with Crippen LogP contribution in [0.25, 0.3) is 76.9 Å². The van der Waals surface area contributed by atoms with Gasteiger partial charge in [-0.2, -0.15) is 0 Å². The summed E-state index contributed by atoms with van der Waals surface area (Å²) in [6.45, 7) is 0. The third kappa shape index (κ3) is 4.44. The Morgan fingerprint density at radius 2 is 1.06 bits per heavy atom. The molecule has 0 bridgehead atoms. The van der Waals surface area contributed by atoms with Gasteiger partial charge in [-0.25, -0.2) is 0 Å². The molecule has 49 heavy (non-hydrogen) atoms. The molecule has 2 heterocycles. The smallest absolute Gasteiger partial charge is 0.143 e. The Labute approximate surface area is 282 Å². The summed E-state index contributed by atoms with van der Waals surface area (Å²) in [6.07, 6.45) is 0. The zero-order valence-electron chi connectivity index (χ0n) is 26.5. The molecular formula is C46H29NO2. The summed E-state index contributed by atoms with van der Waals surface area (Å²) in [5, 5.41) is 6.71. The van der Waals surface area contributed by atoms with Crippen LogP contribution in [0.15, 0.2) is 185 Å². The highest BCUT2D eigenvalue weighted by atomic mass is 16.3. The Morgan fingerprint density at radius 3 is 2.00 bits per heavy atom. The Kier molecular flexibility index (Phi) is 6.18. The quantitative estimate of drug-likeness (QED) is 0.190. The van der Waals surface area contributed by atoms with Crippen molar-refractivity contribution in [2.75, 3.05) is 4.90 Å². The maximum absolute atomic E-state index is 6.62. The van der Waals surface area contributed by atoms with Crippen molar-refractivity contribution in [3.63, 3.8) is 0 Å². The third-order valence-corrected chi connectivity index (χ3v) is 9.65. The molecule has 0 amide bonds. The van der Waals surface area contributed by atoms with Gasteiger partial charge in [-0.3, -0.25) is 0 Å². The van der Waals surface area contributed by atoms with Crippen molar-refractivity contribution >= 4 is 71.7 Å². The van der Waals surface area contributed by atoms with Gasteiger partial charge < -0.3 is 13.7 Å². The molecule has 0 radical (unpaired) electrons. The Morgan fingerprint density at radius 1 is 0.367 bits per heavy atom. The van der Waals surface area contributed by atoms with Gasteiger partial charge in [0.2, 0.25) is 0 Å². The van der Waals surface area contributed by atoms with Gasteiger partial charge in [-0.05, 0) is 76.7 Å². The monoisotopic (exact) mass is 627 g/mol. The highest BCUT2D eigenvalue weighted by Crippen LogP contribution is 2.46.